The van der Waals surface area contributed by atoms with Crippen molar-refractivity contribution in [2.75, 3.05) is 6.54 Å². The van der Waals surface area contributed by atoms with E-state index in [-0.39, 0.29) is 6.42 Å². The molecule has 1 aliphatic rings. The first kappa shape index (κ1) is 27.2. The number of hydrogen-bond donors (Lipinski definition) is 7. The molecule has 1 aromatic carbocycles. The van der Waals surface area contributed by atoms with Crippen molar-refractivity contribution in [2.24, 2.45) is 5.73 Å². The number of carbonyl (C=O) groups is 6. The van der Waals surface area contributed by atoms with Gasteiger partial charge in [-0.05, 0) is 24.9 Å². The van der Waals surface area contributed by atoms with Gasteiger partial charge in [0.2, 0.25) is 23.6 Å². The van der Waals surface area contributed by atoms with Crippen molar-refractivity contribution in [3.05, 3.63) is 35.9 Å². The minimum atomic E-state index is -1.73. The van der Waals surface area contributed by atoms with Crippen molar-refractivity contribution in [3.63, 3.8) is 0 Å². The lowest BCUT2D eigenvalue weighted by atomic mass is 10.0. The summed E-state index contributed by atoms with van der Waals surface area (Å²) < 4.78 is 0. The number of primary amides is 1. The lowest BCUT2D eigenvalue weighted by Gasteiger charge is -2.24. The molecule has 1 aromatic rings. The number of carboxylic acids is 2. The first-order valence-corrected chi connectivity index (χ1v) is 11.0. The molecule has 1 saturated heterocycles. The van der Waals surface area contributed by atoms with Crippen LogP contribution in [0.4, 0.5) is 0 Å². The Hall–Kier alpha value is -4.00. The molecule has 1 fully saturated rings. The van der Waals surface area contributed by atoms with E-state index in [0.717, 1.165) is 6.42 Å². The summed E-state index contributed by atoms with van der Waals surface area (Å²) in [4.78, 5) is 72.2. The highest BCUT2D eigenvalue weighted by Crippen LogP contribution is 2.08. The maximum atomic E-state index is 13.0. The highest BCUT2D eigenvalue weighted by molar-refractivity contribution is 5.96. The van der Waals surface area contributed by atoms with Crippen molar-refractivity contribution in [2.45, 2.75) is 56.3 Å². The molecule has 13 heteroatoms. The van der Waals surface area contributed by atoms with Crippen LogP contribution in [0, 0.1) is 0 Å². The average Bonchev–Trinajstić information content (AvgIpc) is 3.33. The van der Waals surface area contributed by atoms with Crippen molar-refractivity contribution >= 4 is 35.6 Å². The maximum absolute atomic E-state index is 13.0. The summed E-state index contributed by atoms with van der Waals surface area (Å²) in [6.45, 7) is 0.630. The van der Waals surface area contributed by atoms with E-state index in [4.69, 9.17) is 10.8 Å². The molecule has 35 heavy (non-hydrogen) atoms. The van der Waals surface area contributed by atoms with Gasteiger partial charge in [0.25, 0.3) is 0 Å². The number of amides is 4. The minimum Gasteiger partial charge on any atom is -0.481 e. The van der Waals surface area contributed by atoms with Crippen LogP contribution >= 0.6 is 0 Å². The SMILES string of the molecule is NC(=O)CC(NC(=O)C1CCCN1)C(=O)NC(Cc1ccccc1)C(=O)NC(CC(=O)O)C(=O)O. The van der Waals surface area contributed by atoms with Crippen molar-refractivity contribution in [1.29, 1.82) is 0 Å². The lowest BCUT2D eigenvalue weighted by molar-refractivity contribution is -0.147. The molecule has 0 spiro atoms. The van der Waals surface area contributed by atoms with Gasteiger partial charge in [0.1, 0.15) is 18.1 Å². The third kappa shape index (κ3) is 9.04. The minimum absolute atomic E-state index is 0.0702. The second kappa shape index (κ2) is 13.0. The van der Waals surface area contributed by atoms with Crippen molar-refractivity contribution < 1.29 is 39.0 Å². The Labute approximate surface area is 200 Å². The Bertz CT molecular complexity index is 948. The summed E-state index contributed by atoms with van der Waals surface area (Å²) >= 11 is 0. The predicted molar refractivity (Wildman–Crippen MR) is 121 cm³/mol. The molecule has 0 saturated carbocycles. The topological polar surface area (TPSA) is 217 Å². The first-order chi connectivity index (χ1) is 16.6. The van der Waals surface area contributed by atoms with Crippen LogP contribution in [0.3, 0.4) is 0 Å². The summed E-state index contributed by atoms with van der Waals surface area (Å²) in [6.07, 6.45) is -0.150. The Kier molecular flexibility index (Phi) is 10.1. The van der Waals surface area contributed by atoms with Crippen LogP contribution < -0.4 is 27.0 Å². The maximum Gasteiger partial charge on any atom is 0.326 e. The van der Waals surface area contributed by atoms with E-state index >= 15 is 0 Å². The third-order valence-corrected chi connectivity index (χ3v) is 5.32. The van der Waals surface area contributed by atoms with Gasteiger partial charge in [0.05, 0.1) is 18.9 Å². The zero-order chi connectivity index (χ0) is 26.0. The van der Waals surface area contributed by atoms with Crippen LogP contribution in [0.1, 0.15) is 31.2 Å². The third-order valence-electron chi connectivity index (χ3n) is 5.32. The van der Waals surface area contributed by atoms with Gasteiger partial charge >= 0.3 is 11.9 Å². The number of nitrogens with two attached hydrogens (primary N) is 1. The molecule has 2 rings (SSSR count). The van der Waals surface area contributed by atoms with Gasteiger partial charge < -0.3 is 37.2 Å². The number of carbonyl (C=O) groups excluding carboxylic acids is 4. The van der Waals surface area contributed by atoms with Gasteiger partial charge in [0, 0.05) is 6.42 Å². The molecule has 8 N–H and O–H groups in total. The molecule has 13 nitrogen and oxygen atoms in total. The largest absolute Gasteiger partial charge is 0.481 e. The van der Waals surface area contributed by atoms with E-state index in [1.807, 2.05) is 0 Å². The summed E-state index contributed by atoms with van der Waals surface area (Å²) in [5.41, 5.74) is 5.85. The summed E-state index contributed by atoms with van der Waals surface area (Å²) in [5.74, 6) is -6.19. The standard InChI is InChI=1S/C22H29N5O8/c23-17(28)10-15(26-19(31)13-7-4-8-24-13)21(33)25-14(9-12-5-2-1-3-6-12)20(32)27-16(22(34)35)11-18(29)30/h1-3,5-6,13-16,24H,4,7-11H2,(H2,23,28)(H,25,33)(H,26,31)(H,27,32)(H,29,30)(H,34,35). The van der Waals surface area contributed by atoms with Gasteiger partial charge in [0.15, 0.2) is 0 Å². The molecule has 0 aromatic heterocycles. The quantitative estimate of drug-likeness (QED) is 0.160. The summed E-state index contributed by atoms with van der Waals surface area (Å²) in [6, 6.07) is 3.50. The number of rotatable bonds is 13. The number of hydrogen-bond acceptors (Lipinski definition) is 7. The molecular weight excluding hydrogens is 462 g/mol. The molecule has 4 atom stereocenters. The van der Waals surface area contributed by atoms with Crippen LogP contribution in [-0.4, -0.2) is 76.5 Å². The van der Waals surface area contributed by atoms with E-state index in [0.29, 0.717) is 18.5 Å². The second-order valence-corrected chi connectivity index (χ2v) is 8.13. The van der Waals surface area contributed by atoms with E-state index in [1.165, 1.54) is 0 Å². The zero-order valence-corrected chi connectivity index (χ0v) is 18.9. The van der Waals surface area contributed by atoms with Crippen LogP contribution in [0.2, 0.25) is 0 Å². The monoisotopic (exact) mass is 491 g/mol. The fourth-order valence-electron chi connectivity index (χ4n) is 3.57. The second-order valence-electron chi connectivity index (χ2n) is 8.13. The normalized spacial score (nSPS) is 17.4. The average molecular weight is 492 g/mol. The van der Waals surface area contributed by atoms with Gasteiger partial charge in [-0.2, -0.15) is 0 Å². The molecule has 4 unspecified atom stereocenters. The molecule has 1 aliphatic heterocycles. The van der Waals surface area contributed by atoms with E-state index in [9.17, 15) is 33.9 Å². The van der Waals surface area contributed by atoms with Gasteiger partial charge in [-0.1, -0.05) is 30.3 Å². The molecule has 190 valence electrons. The van der Waals surface area contributed by atoms with E-state index < -0.39 is 72.6 Å². The van der Waals surface area contributed by atoms with Gasteiger partial charge in [-0.3, -0.25) is 24.0 Å². The van der Waals surface area contributed by atoms with Crippen molar-refractivity contribution in [3.8, 4) is 0 Å². The van der Waals surface area contributed by atoms with Crippen LogP contribution in [0.25, 0.3) is 0 Å². The highest BCUT2D eigenvalue weighted by atomic mass is 16.4. The summed E-state index contributed by atoms with van der Waals surface area (Å²) in [7, 11) is 0. The fourth-order valence-corrected chi connectivity index (χ4v) is 3.57. The molecule has 0 radical (unpaired) electrons. The molecular formula is C22H29N5O8. The Morgan fingerprint density at radius 3 is 2.09 bits per heavy atom. The highest BCUT2D eigenvalue weighted by Gasteiger charge is 2.32. The molecule has 1 heterocycles. The lowest BCUT2D eigenvalue weighted by Crippen LogP contribution is -2.58. The van der Waals surface area contributed by atoms with E-state index in [1.54, 1.807) is 30.3 Å². The smallest absolute Gasteiger partial charge is 0.326 e. The molecule has 0 bridgehead atoms. The predicted octanol–water partition coefficient (Wildman–Crippen LogP) is -2.13. The number of aliphatic carboxylic acids is 2. The van der Waals surface area contributed by atoms with Crippen LogP contribution in [0.15, 0.2) is 30.3 Å². The Morgan fingerprint density at radius 2 is 1.54 bits per heavy atom. The number of carboxylic acid groups (broad SMARTS) is 2. The number of nitrogens with one attached hydrogen (secondary N) is 4. The summed E-state index contributed by atoms with van der Waals surface area (Å²) in [5, 5.41) is 28.1. The van der Waals surface area contributed by atoms with Crippen molar-refractivity contribution in [1.82, 2.24) is 21.3 Å². The zero-order valence-electron chi connectivity index (χ0n) is 18.9. The molecule has 0 aliphatic carbocycles. The Balaban J connectivity index is 2.20. The first-order valence-electron chi connectivity index (χ1n) is 11.0. The van der Waals surface area contributed by atoms with E-state index in [2.05, 4.69) is 21.3 Å². The molecule has 4 amide bonds. The fraction of sp³-hybridized carbons (Fsp3) is 0.455. The van der Waals surface area contributed by atoms with Gasteiger partial charge in [-0.25, -0.2) is 4.79 Å². The van der Waals surface area contributed by atoms with Crippen LogP contribution in [-0.2, 0) is 35.2 Å². The Morgan fingerprint density at radius 1 is 0.914 bits per heavy atom. The number of benzene rings is 1. The van der Waals surface area contributed by atoms with Gasteiger partial charge in [-0.15, -0.1) is 0 Å². The van der Waals surface area contributed by atoms with Crippen LogP contribution in [0.5, 0.6) is 0 Å².